The van der Waals surface area contributed by atoms with E-state index in [9.17, 15) is 13.2 Å². The predicted octanol–water partition coefficient (Wildman–Crippen LogP) is 2.93. The lowest BCUT2D eigenvalue weighted by Crippen LogP contribution is -2.28. The molecule has 0 aliphatic rings. The minimum absolute atomic E-state index is 0.0866. The molecular formula is C21H23N3O4S. The van der Waals surface area contributed by atoms with Gasteiger partial charge in [0.15, 0.2) is 0 Å². The summed E-state index contributed by atoms with van der Waals surface area (Å²) >= 11 is 0. The number of aromatic nitrogens is 2. The zero-order chi connectivity index (χ0) is 21.0. The van der Waals surface area contributed by atoms with Crippen LogP contribution in [0.25, 0.3) is 11.1 Å². The Morgan fingerprint density at radius 3 is 2.34 bits per heavy atom. The lowest BCUT2D eigenvalue weighted by molar-refractivity contribution is 0.0600. The van der Waals surface area contributed by atoms with E-state index in [0.717, 1.165) is 22.5 Å². The number of nitrogens with zero attached hydrogens (tertiary/aromatic N) is 2. The van der Waals surface area contributed by atoms with Gasteiger partial charge in [0.2, 0.25) is 10.0 Å². The molecule has 1 N–H and O–H groups in total. The summed E-state index contributed by atoms with van der Waals surface area (Å²) in [6.45, 7) is 4.51. The first kappa shape index (κ1) is 20.8. The normalized spacial score (nSPS) is 11.4. The molecule has 7 nitrogen and oxygen atoms in total. The van der Waals surface area contributed by atoms with E-state index in [1.54, 1.807) is 4.68 Å². The molecule has 0 radical (unpaired) electrons. The highest BCUT2D eigenvalue weighted by Crippen LogP contribution is 2.26. The van der Waals surface area contributed by atoms with Crippen molar-refractivity contribution >= 4 is 16.0 Å². The molecule has 1 aromatic heterocycles. The number of hydrogen-bond acceptors (Lipinski definition) is 5. The second kappa shape index (κ2) is 8.59. The second-order valence-electron chi connectivity index (χ2n) is 6.55. The molecule has 0 fully saturated rings. The zero-order valence-electron chi connectivity index (χ0n) is 16.5. The molecule has 152 valence electrons. The summed E-state index contributed by atoms with van der Waals surface area (Å²) in [5, 5.41) is 4.55. The van der Waals surface area contributed by atoms with Crippen LogP contribution < -0.4 is 4.72 Å². The number of benzene rings is 2. The minimum Gasteiger partial charge on any atom is -0.465 e. The number of esters is 1. The Morgan fingerprint density at radius 1 is 1.07 bits per heavy atom. The number of rotatable bonds is 7. The molecular weight excluding hydrogens is 390 g/mol. The van der Waals surface area contributed by atoms with Gasteiger partial charge in [-0.2, -0.15) is 5.10 Å². The minimum atomic E-state index is -3.69. The van der Waals surface area contributed by atoms with Crippen LogP contribution in [-0.4, -0.2) is 37.8 Å². The molecule has 0 saturated carbocycles. The lowest BCUT2D eigenvalue weighted by Gasteiger charge is -2.09. The van der Waals surface area contributed by atoms with E-state index in [-0.39, 0.29) is 11.4 Å². The summed E-state index contributed by atoms with van der Waals surface area (Å²) in [6.07, 6.45) is 0. The Labute approximate surface area is 170 Å². The number of carbonyl (C=O) groups is 1. The van der Waals surface area contributed by atoms with Gasteiger partial charge in [-0.15, -0.1) is 0 Å². The second-order valence-corrected chi connectivity index (χ2v) is 8.32. The highest BCUT2D eigenvalue weighted by atomic mass is 32.2. The van der Waals surface area contributed by atoms with Crippen molar-refractivity contribution in [2.45, 2.75) is 25.3 Å². The van der Waals surface area contributed by atoms with Gasteiger partial charge in [-0.05, 0) is 43.7 Å². The first-order chi connectivity index (χ1) is 13.8. The summed E-state index contributed by atoms with van der Waals surface area (Å²) in [5.41, 5.74) is 4.32. The molecule has 0 aliphatic carbocycles. The van der Waals surface area contributed by atoms with Gasteiger partial charge in [-0.1, -0.05) is 30.3 Å². The molecule has 8 heteroatoms. The highest BCUT2D eigenvalue weighted by molar-refractivity contribution is 7.89. The van der Waals surface area contributed by atoms with Crippen molar-refractivity contribution in [2.24, 2.45) is 0 Å². The molecule has 0 aliphatic heterocycles. The molecule has 1 heterocycles. The Bertz CT molecular complexity index is 1100. The third-order valence-corrected chi connectivity index (χ3v) is 6.12. The average Bonchev–Trinajstić information content (AvgIpc) is 3.01. The fourth-order valence-corrected chi connectivity index (χ4v) is 4.22. The fourth-order valence-electron chi connectivity index (χ4n) is 3.19. The van der Waals surface area contributed by atoms with Crippen molar-refractivity contribution in [1.82, 2.24) is 14.5 Å². The van der Waals surface area contributed by atoms with E-state index >= 15 is 0 Å². The Balaban J connectivity index is 1.69. The van der Waals surface area contributed by atoms with Crippen molar-refractivity contribution in [3.8, 4) is 11.1 Å². The number of methoxy groups -OCH3 is 1. The summed E-state index contributed by atoms with van der Waals surface area (Å²) in [4.78, 5) is 11.6. The van der Waals surface area contributed by atoms with Gasteiger partial charge in [0.25, 0.3) is 0 Å². The van der Waals surface area contributed by atoms with E-state index in [1.165, 1.54) is 31.4 Å². The third-order valence-electron chi connectivity index (χ3n) is 4.65. The van der Waals surface area contributed by atoms with Gasteiger partial charge in [0.05, 0.1) is 29.8 Å². The molecule has 29 heavy (non-hydrogen) atoms. The molecule has 0 unspecified atom stereocenters. The smallest absolute Gasteiger partial charge is 0.337 e. The number of carbonyl (C=O) groups excluding carboxylic acids is 1. The summed E-state index contributed by atoms with van der Waals surface area (Å²) in [5.74, 6) is -0.513. The third kappa shape index (κ3) is 4.55. The maximum Gasteiger partial charge on any atom is 0.337 e. The van der Waals surface area contributed by atoms with E-state index in [0.29, 0.717) is 12.1 Å². The van der Waals surface area contributed by atoms with E-state index in [4.69, 9.17) is 0 Å². The van der Waals surface area contributed by atoms with Crippen molar-refractivity contribution in [3.05, 3.63) is 71.5 Å². The SMILES string of the molecule is COC(=O)c1ccc(S(=O)(=O)NCCn2nc(C)c(-c3ccccc3)c2C)cc1. The Morgan fingerprint density at radius 2 is 1.72 bits per heavy atom. The van der Waals surface area contributed by atoms with Gasteiger partial charge in [0, 0.05) is 17.8 Å². The highest BCUT2D eigenvalue weighted by Gasteiger charge is 2.17. The molecule has 0 saturated heterocycles. The van der Waals surface area contributed by atoms with Crippen LogP contribution in [-0.2, 0) is 21.3 Å². The first-order valence-corrected chi connectivity index (χ1v) is 10.6. The standard InChI is InChI=1S/C21H23N3O4S/c1-15-20(17-7-5-4-6-8-17)16(2)24(23-15)14-13-22-29(26,27)19-11-9-18(10-12-19)21(25)28-3/h4-12,22H,13-14H2,1-3H3. The predicted molar refractivity (Wildman–Crippen MR) is 110 cm³/mol. The maximum atomic E-state index is 12.5. The first-order valence-electron chi connectivity index (χ1n) is 9.11. The summed E-state index contributed by atoms with van der Waals surface area (Å²) in [7, 11) is -2.42. The molecule has 0 atom stereocenters. The van der Waals surface area contributed by atoms with Crippen LogP contribution in [0.3, 0.4) is 0 Å². The van der Waals surface area contributed by atoms with Crippen molar-refractivity contribution in [2.75, 3.05) is 13.7 Å². The van der Waals surface area contributed by atoms with Crippen molar-refractivity contribution in [3.63, 3.8) is 0 Å². The van der Waals surface area contributed by atoms with Crippen LogP contribution in [0.5, 0.6) is 0 Å². The van der Waals surface area contributed by atoms with Gasteiger partial charge < -0.3 is 4.74 Å². The average molecular weight is 413 g/mol. The zero-order valence-corrected chi connectivity index (χ0v) is 17.4. The quantitative estimate of drug-likeness (QED) is 0.602. The molecule has 2 aromatic carbocycles. The topological polar surface area (TPSA) is 90.3 Å². The van der Waals surface area contributed by atoms with Crippen LogP contribution in [0.15, 0.2) is 59.5 Å². The van der Waals surface area contributed by atoms with Gasteiger partial charge in [-0.3, -0.25) is 4.68 Å². The Kier molecular flexibility index (Phi) is 6.14. The summed E-state index contributed by atoms with van der Waals surface area (Å²) < 4.78 is 34.0. The van der Waals surface area contributed by atoms with E-state index in [2.05, 4.69) is 14.6 Å². The van der Waals surface area contributed by atoms with E-state index < -0.39 is 16.0 Å². The fraction of sp³-hybridized carbons (Fsp3) is 0.238. The van der Waals surface area contributed by atoms with Crippen molar-refractivity contribution < 1.29 is 17.9 Å². The van der Waals surface area contributed by atoms with Gasteiger partial charge in [0.1, 0.15) is 0 Å². The van der Waals surface area contributed by atoms with Crippen molar-refractivity contribution in [1.29, 1.82) is 0 Å². The molecule has 0 amide bonds. The largest absolute Gasteiger partial charge is 0.465 e. The van der Waals surface area contributed by atoms with Crippen LogP contribution in [0, 0.1) is 13.8 Å². The number of hydrogen-bond donors (Lipinski definition) is 1. The van der Waals surface area contributed by atoms with Crippen LogP contribution in [0.1, 0.15) is 21.7 Å². The van der Waals surface area contributed by atoms with Crippen LogP contribution in [0.2, 0.25) is 0 Å². The lowest BCUT2D eigenvalue weighted by atomic mass is 10.0. The Hall–Kier alpha value is -2.97. The monoisotopic (exact) mass is 413 g/mol. The number of ether oxygens (including phenoxy) is 1. The maximum absolute atomic E-state index is 12.5. The number of aryl methyl sites for hydroxylation is 1. The van der Waals surface area contributed by atoms with E-state index in [1.807, 2.05) is 44.2 Å². The van der Waals surface area contributed by atoms with Gasteiger partial charge >= 0.3 is 5.97 Å². The number of sulfonamides is 1. The van der Waals surface area contributed by atoms with Crippen LogP contribution >= 0.6 is 0 Å². The molecule has 0 spiro atoms. The van der Waals surface area contributed by atoms with Crippen LogP contribution in [0.4, 0.5) is 0 Å². The summed E-state index contributed by atoms with van der Waals surface area (Å²) in [6, 6.07) is 15.6. The van der Waals surface area contributed by atoms with Gasteiger partial charge in [-0.25, -0.2) is 17.9 Å². The molecule has 3 aromatic rings. The number of nitrogens with one attached hydrogen (secondary N) is 1. The molecule has 3 rings (SSSR count). The molecule has 0 bridgehead atoms.